The summed E-state index contributed by atoms with van der Waals surface area (Å²) in [6.07, 6.45) is -4.83. The molecule has 0 aliphatic carbocycles. The summed E-state index contributed by atoms with van der Waals surface area (Å²) in [7, 11) is 0. The van der Waals surface area contributed by atoms with Gasteiger partial charge >= 0.3 is 6.36 Å². The van der Waals surface area contributed by atoms with Crippen LogP contribution in [0.1, 0.15) is 5.56 Å². The minimum absolute atomic E-state index is 0.00853. The number of halogens is 5. The van der Waals surface area contributed by atoms with E-state index >= 15 is 0 Å². The van der Waals surface area contributed by atoms with Gasteiger partial charge < -0.3 is 15.8 Å². The fourth-order valence-electron chi connectivity index (χ4n) is 1.80. The predicted octanol–water partition coefficient (Wildman–Crippen LogP) is 4.41. The quantitative estimate of drug-likeness (QED) is 0.449. The van der Waals surface area contributed by atoms with Crippen molar-refractivity contribution in [3.8, 4) is 5.75 Å². The number of para-hydroxylation sites is 2. The van der Waals surface area contributed by atoms with E-state index in [0.29, 0.717) is 4.47 Å². The smallest absolute Gasteiger partial charge is 0.404 e. The summed E-state index contributed by atoms with van der Waals surface area (Å²) in [6.45, 7) is -0.0770. The molecule has 0 aliphatic rings. The number of rotatable bonds is 4. The van der Waals surface area contributed by atoms with Crippen LogP contribution in [0.2, 0.25) is 0 Å². The SMILES string of the molecule is NC(=NCc1cc(Br)ccc1F)Nc1ccccc1OC(F)(F)F. The van der Waals surface area contributed by atoms with Crippen molar-refractivity contribution < 1.29 is 22.3 Å². The van der Waals surface area contributed by atoms with Gasteiger partial charge in [0.2, 0.25) is 0 Å². The molecule has 0 amide bonds. The minimum atomic E-state index is -4.83. The van der Waals surface area contributed by atoms with Gasteiger partial charge in [-0.3, -0.25) is 0 Å². The number of hydrogen-bond donors (Lipinski definition) is 2. The lowest BCUT2D eigenvalue weighted by molar-refractivity contribution is -0.274. The Morgan fingerprint density at radius 1 is 1.21 bits per heavy atom. The molecule has 128 valence electrons. The van der Waals surface area contributed by atoms with Crippen molar-refractivity contribution in [3.63, 3.8) is 0 Å². The number of aliphatic imine (C=N–C) groups is 1. The summed E-state index contributed by atoms with van der Waals surface area (Å²) in [5, 5.41) is 2.51. The molecule has 9 heteroatoms. The van der Waals surface area contributed by atoms with E-state index in [1.54, 1.807) is 0 Å². The van der Waals surface area contributed by atoms with Crippen molar-refractivity contribution in [1.82, 2.24) is 0 Å². The highest BCUT2D eigenvalue weighted by molar-refractivity contribution is 9.10. The zero-order chi connectivity index (χ0) is 17.7. The van der Waals surface area contributed by atoms with Gasteiger partial charge in [0.15, 0.2) is 11.7 Å². The Morgan fingerprint density at radius 3 is 2.62 bits per heavy atom. The monoisotopic (exact) mass is 405 g/mol. The third-order valence-electron chi connectivity index (χ3n) is 2.80. The summed E-state index contributed by atoms with van der Waals surface area (Å²) in [4.78, 5) is 3.91. The van der Waals surface area contributed by atoms with Gasteiger partial charge in [0.25, 0.3) is 0 Å². The number of nitrogens with two attached hydrogens (primary N) is 1. The number of alkyl halides is 3. The summed E-state index contributed by atoms with van der Waals surface area (Å²) in [5.74, 6) is -1.08. The highest BCUT2D eigenvalue weighted by Gasteiger charge is 2.32. The normalized spacial score (nSPS) is 12.1. The van der Waals surface area contributed by atoms with Crippen LogP contribution in [0.4, 0.5) is 23.2 Å². The number of guanidine groups is 1. The van der Waals surface area contributed by atoms with Crippen LogP contribution >= 0.6 is 15.9 Å². The third kappa shape index (κ3) is 5.41. The van der Waals surface area contributed by atoms with Crippen LogP contribution in [0.3, 0.4) is 0 Å². The van der Waals surface area contributed by atoms with Gasteiger partial charge in [0.05, 0.1) is 12.2 Å². The highest BCUT2D eigenvalue weighted by atomic mass is 79.9. The topological polar surface area (TPSA) is 59.6 Å². The van der Waals surface area contributed by atoms with E-state index in [9.17, 15) is 17.6 Å². The summed E-state index contributed by atoms with van der Waals surface area (Å²) < 4.78 is 55.2. The average molecular weight is 406 g/mol. The Bertz CT molecular complexity index is 750. The average Bonchev–Trinajstić information content (AvgIpc) is 2.49. The lowest BCUT2D eigenvalue weighted by Crippen LogP contribution is -2.24. The first-order valence-electron chi connectivity index (χ1n) is 6.60. The predicted molar refractivity (Wildman–Crippen MR) is 86.2 cm³/mol. The van der Waals surface area contributed by atoms with E-state index in [2.05, 4.69) is 31.0 Å². The molecule has 3 N–H and O–H groups in total. The van der Waals surface area contributed by atoms with Crippen LogP contribution in [0.15, 0.2) is 51.9 Å². The fourth-order valence-corrected chi connectivity index (χ4v) is 2.20. The van der Waals surface area contributed by atoms with E-state index in [1.165, 1.54) is 36.4 Å². The molecule has 0 spiro atoms. The first-order chi connectivity index (χ1) is 11.2. The third-order valence-corrected chi connectivity index (χ3v) is 3.30. The van der Waals surface area contributed by atoms with Gasteiger partial charge in [-0.05, 0) is 30.3 Å². The molecule has 0 unspecified atom stereocenters. The second kappa shape index (κ2) is 7.52. The number of nitrogens with one attached hydrogen (secondary N) is 1. The second-order valence-electron chi connectivity index (χ2n) is 4.61. The van der Waals surface area contributed by atoms with E-state index < -0.39 is 17.9 Å². The van der Waals surface area contributed by atoms with Crippen molar-refractivity contribution in [2.24, 2.45) is 10.7 Å². The van der Waals surface area contributed by atoms with E-state index in [4.69, 9.17) is 5.73 Å². The molecular weight excluding hydrogens is 394 g/mol. The van der Waals surface area contributed by atoms with Gasteiger partial charge in [0.1, 0.15) is 5.82 Å². The molecule has 0 aliphatic heterocycles. The molecule has 0 saturated carbocycles. The molecular formula is C15H12BrF4N3O. The van der Waals surface area contributed by atoms with E-state index in [1.807, 2.05) is 0 Å². The van der Waals surface area contributed by atoms with Crippen LogP contribution in [0.25, 0.3) is 0 Å². The van der Waals surface area contributed by atoms with Crippen LogP contribution in [-0.4, -0.2) is 12.3 Å². The number of ether oxygens (including phenoxy) is 1. The molecule has 0 fully saturated rings. The van der Waals surface area contributed by atoms with Crippen LogP contribution in [-0.2, 0) is 6.54 Å². The van der Waals surface area contributed by atoms with Crippen LogP contribution in [0, 0.1) is 5.82 Å². The lowest BCUT2D eigenvalue weighted by atomic mass is 10.2. The van der Waals surface area contributed by atoms with Crippen molar-refractivity contribution in [1.29, 1.82) is 0 Å². The van der Waals surface area contributed by atoms with Crippen molar-refractivity contribution in [2.75, 3.05) is 5.32 Å². The Hall–Kier alpha value is -2.29. The summed E-state index contributed by atoms with van der Waals surface area (Å²) in [5.41, 5.74) is 5.92. The largest absolute Gasteiger partial charge is 0.573 e. The standard InChI is InChI=1S/C15H12BrF4N3O/c16-10-5-6-11(17)9(7-10)8-22-14(21)23-12-3-1-2-4-13(12)24-15(18,19)20/h1-7H,8H2,(H3,21,22,23). The molecule has 2 aromatic carbocycles. The molecule has 2 rings (SSSR count). The first-order valence-corrected chi connectivity index (χ1v) is 7.39. The van der Waals surface area contributed by atoms with Gasteiger partial charge in [-0.1, -0.05) is 28.1 Å². The molecule has 0 atom stereocenters. The van der Waals surface area contributed by atoms with Crippen LogP contribution < -0.4 is 15.8 Å². The molecule has 2 aromatic rings. The zero-order valence-electron chi connectivity index (χ0n) is 12.1. The van der Waals surface area contributed by atoms with Crippen molar-refractivity contribution in [2.45, 2.75) is 12.9 Å². The van der Waals surface area contributed by atoms with E-state index in [-0.39, 0.29) is 23.8 Å². The number of hydrogen-bond acceptors (Lipinski definition) is 2. The Morgan fingerprint density at radius 2 is 1.92 bits per heavy atom. The van der Waals surface area contributed by atoms with Gasteiger partial charge in [-0.2, -0.15) is 0 Å². The van der Waals surface area contributed by atoms with Gasteiger partial charge in [-0.15, -0.1) is 13.2 Å². The number of benzene rings is 2. The maximum absolute atomic E-state index is 13.6. The Kier molecular flexibility index (Phi) is 5.66. The van der Waals surface area contributed by atoms with E-state index in [0.717, 1.165) is 6.07 Å². The molecule has 24 heavy (non-hydrogen) atoms. The molecule has 0 aromatic heterocycles. The molecule has 0 saturated heterocycles. The maximum atomic E-state index is 13.6. The lowest BCUT2D eigenvalue weighted by Gasteiger charge is -2.14. The van der Waals surface area contributed by atoms with Crippen molar-refractivity contribution >= 4 is 27.6 Å². The van der Waals surface area contributed by atoms with Gasteiger partial charge in [-0.25, -0.2) is 9.38 Å². The van der Waals surface area contributed by atoms with Gasteiger partial charge in [0, 0.05) is 10.0 Å². The molecule has 0 radical (unpaired) electrons. The Labute approximate surface area is 143 Å². The molecule has 0 bridgehead atoms. The second-order valence-corrected chi connectivity index (χ2v) is 5.52. The molecule has 0 heterocycles. The van der Waals surface area contributed by atoms with Crippen molar-refractivity contribution in [3.05, 3.63) is 58.3 Å². The number of nitrogens with zero attached hydrogens (tertiary/aromatic N) is 1. The minimum Gasteiger partial charge on any atom is -0.404 e. The fraction of sp³-hybridized carbons (Fsp3) is 0.133. The molecule has 4 nitrogen and oxygen atoms in total. The summed E-state index contributed by atoms with van der Waals surface area (Å²) in [6, 6.07) is 9.72. The highest BCUT2D eigenvalue weighted by Crippen LogP contribution is 2.29. The van der Waals surface area contributed by atoms with Crippen LogP contribution in [0.5, 0.6) is 5.75 Å². The maximum Gasteiger partial charge on any atom is 0.573 e. The zero-order valence-corrected chi connectivity index (χ0v) is 13.7. The summed E-state index contributed by atoms with van der Waals surface area (Å²) >= 11 is 3.21. The first kappa shape index (κ1) is 18.1. The Balaban J connectivity index is 2.12. The number of anilines is 1.